The number of nitrogens with zero attached hydrogens (tertiary/aromatic N) is 4. The molecule has 21 heavy (non-hydrogen) atoms. The van der Waals surface area contributed by atoms with Gasteiger partial charge in [-0.1, -0.05) is 18.2 Å². The number of rotatable bonds is 4. The summed E-state index contributed by atoms with van der Waals surface area (Å²) in [6.45, 7) is 4.53. The lowest BCUT2D eigenvalue weighted by Crippen LogP contribution is -2.47. The van der Waals surface area contributed by atoms with Crippen molar-refractivity contribution in [1.82, 2.24) is 9.97 Å². The maximum atomic E-state index is 5.54. The van der Waals surface area contributed by atoms with Gasteiger partial charge in [0.2, 0.25) is 5.95 Å². The van der Waals surface area contributed by atoms with E-state index in [1.807, 2.05) is 12.4 Å². The Labute approximate surface area is 125 Å². The highest BCUT2D eigenvalue weighted by Crippen LogP contribution is 2.17. The van der Waals surface area contributed by atoms with Crippen LogP contribution < -0.4 is 15.5 Å². The molecule has 0 saturated carbocycles. The quantitative estimate of drug-likeness (QED) is 0.916. The zero-order valence-electron chi connectivity index (χ0n) is 12.2. The van der Waals surface area contributed by atoms with Crippen molar-refractivity contribution in [2.75, 3.05) is 42.5 Å². The molecule has 5 heteroatoms. The van der Waals surface area contributed by atoms with Gasteiger partial charge in [-0.05, 0) is 30.7 Å². The minimum atomic E-state index is 0.637. The molecule has 1 aliphatic rings. The van der Waals surface area contributed by atoms with Crippen LogP contribution in [0.2, 0.25) is 0 Å². The minimum Gasteiger partial charge on any atom is -0.368 e. The summed E-state index contributed by atoms with van der Waals surface area (Å²) in [6.07, 6.45) is 4.61. The van der Waals surface area contributed by atoms with E-state index in [1.165, 1.54) is 5.69 Å². The summed E-state index contributed by atoms with van der Waals surface area (Å²) in [6, 6.07) is 10.5. The number of hydrogen-bond donors (Lipinski definition) is 1. The number of anilines is 2. The van der Waals surface area contributed by atoms with E-state index < -0.39 is 0 Å². The molecule has 0 unspecified atom stereocenters. The second-order valence-corrected chi connectivity index (χ2v) is 5.24. The van der Waals surface area contributed by atoms with Crippen LogP contribution in [0.15, 0.2) is 42.7 Å². The molecule has 110 valence electrons. The molecule has 0 amide bonds. The molecular formula is C16H21N5. The molecular weight excluding hydrogens is 262 g/mol. The van der Waals surface area contributed by atoms with Crippen LogP contribution in [0, 0.1) is 0 Å². The van der Waals surface area contributed by atoms with E-state index in [4.69, 9.17) is 5.73 Å². The van der Waals surface area contributed by atoms with Gasteiger partial charge in [-0.3, -0.25) is 0 Å². The highest BCUT2D eigenvalue weighted by atomic mass is 15.3. The van der Waals surface area contributed by atoms with Crippen molar-refractivity contribution in [3.63, 3.8) is 0 Å². The molecule has 2 N–H and O–H groups in total. The average molecular weight is 283 g/mol. The highest BCUT2D eigenvalue weighted by molar-refractivity contribution is 5.48. The summed E-state index contributed by atoms with van der Waals surface area (Å²) in [7, 11) is 0. The van der Waals surface area contributed by atoms with Gasteiger partial charge in [0.05, 0.1) is 0 Å². The topological polar surface area (TPSA) is 58.3 Å². The third-order valence-corrected chi connectivity index (χ3v) is 3.81. The molecule has 2 aromatic rings. The highest BCUT2D eigenvalue weighted by Gasteiger charge is 2.18. The van der Waals surface area contributed by atoms with Gasteiger partial charge in [0.1, 0.15) is 0 Å². The predicted octanol–water partition coefficient (Wildman–Crippen LogP) is 1.30. The Morgan fingerprint density at radius 2 is 1.52 bits per heavy atom. The molecule has 1 fully saturated rings. The van der Waals surface area contributed by atoms with Crippen LogP contribution in [-0.2, 0) is 6.42 Å². The maximum absolute atomic E-state index is 5.54. The van der Waals surface area contributed by atoms with Crippen molar-refractivity contribution in [3.8, 4) is 0 Å². The van der Waals surface area contributed by atoms with Gasteiger partial charge in [0.25, 0.3) is 0 Å². The zero-order valence-corrected chi connectivity index (χ0v) is 12.2. The summed E-state index contributed by atoms with van der Waals surface area (Å²) >= 11 is 0. The van der Waals surface area contributed by atoms with Gasteiger partial charge in [0.15, 0.2) is 0 Å². The van der Waals surface area contributed by atoms with Crippen LogP contribution in [-0.4, -0.2) is 42.7 Å². The second-order valence-electron chi connectivity index (χ2n) is 5.24. The van der Waals surface area contributed by atoms with Crippen LogP contribution in [0.1, 0.15) is 5.56 Å². The molecule has 5 nitrogen and oxygen atoms in total. The van der Waals surface area contributed by atoms with E-state index >= 15 is 0 Å². The fourth-order valence-corrected chi connectivity index (χ4v) is 2.61. The van der Waals surface area contributed by atoms with Crippen molar-refractivity contribution < 1.29 is 0 Å². The number of benzene rings is 1. The smallest absolute Gasteiger partial charge is 0.225 e. The number of para-hydroxylation sites is 1. The van der Waals surface area contributed by atoms with Crippen molar-refractivity contribution >= 4 is 11.6 Å². The van der Waals surface area contributed by atoms with E-state index in [9.17, 15) is 0 Å². The lowest BCUT2D eigenvalue weighted by atomic mass is 10.2. The first kappa shape index (κ1) is 13.8. The monoisotopic (exact) mass is 283 g/mol. The molecule has 0 aliphatic carbocycles. The molecule has 1 aliphatic heterocycles. The molecule has 1 saturated heterocycles. The normalized spacial score (nSPS) is 15.3. The molecule has 1 aromatic heterocycles. The lowest BCUT2D eigenvalue weighted by molar-refractivity contribution is 0.639. The first-order valence-electron chi connectivity index (χ1n) is 7.43. The third-order valence-electron chi connectivity index (χ3n) is 3.81. The molecule has 0 atom stereocenters. The number of aromatic nitrogens is 2. The van der Waals surface area contributed by atoms with Gasteiger partial charge in [-0.15, -0.1) is 0 Å². The molecule has 0 spiro atoms. The average Bonchev–Trinajstić information content (AvgIpc) is 2.57. The minimum absolute atomic E-state index is 0.637. The van der Waals surface area contributed by atoms with Gasteiger partial charge < -0.3 is 15.5 Å². The van der Waals surface area contributed by atoms with E-state index in [0.717, 1.165) is 44.1 Å². The molecule has 0 radical (unpaired) electrons. The van der Waals surface area contributed by atoms with Crippen molar-refractivity contribution in [2.24, 2.45) is 5.73 Å². The van der Waals surface area contributed by atoms with E-state index in [0.29, 0.717) is 6.54 Å². The Morgan fingerprint density at radius 1 is 0.905 bits per heavy atom. The Kier molecular flexibility index (Phi) is 4.31. The largest absolute Gasteiger partial charge is 0.368 e. The Bertz CT molecular complexity index is 547. The van der Waals surface area contributed by atoms with E-state index in [1.54, 1.807) is 0 Å². The predicted molar refractivity (Wildman–Crippen MR) is 85.7 cm³/mol. The number of nitrogens with two attached hydrogens (primary N) is 1. The fraction of sp³-hybridized carbons (Fsp3) is 0.375. The molecule has 1 aromatic carbocycles. The lowest BCUT2D eigenvalue weighted by Gasteiger charge is -2.36. The Morgan fingerprint density at radius 3 is 2.14 bits per heavy atom. The van der Waals surface area contributed by atoms with Crippen LogP contribution in [0.25, 0.3) is 0 Å². The fourth-order valence-electron chi connectivity index (χ4n) is 2.61. The van der Waals surface area contributed by atoms with Gasteiger partial charge >= 0.3 is 0 Å². The standard InChI is InChI=1S/C16H21N5/c17-7-6-14-12-18-16(19-13-14)21-10-8-20(9-11-21)15-4-2-1-3-5-15/h1-5,12-13H,6-11,17H2. The van der Waals surface area contributed by atoms with Crippen LogP contribution >= 0.6 is 0 Å². The van der Waals surface area contributed by atoms with Crippen molar-refractivity contribution in [1.29, 1.82) is 0 Å². The van der Waals surface area contributed by atoms with Gasteiger partial charge in [0, 0.05) is 44.3 Å². The molecule has 2 heterocycles. The third kappa shape index (κ3) is 3.31. The van der Waals surface area contributed by atoms with Crippen LogP contribution in [0.3, 0.4) is 0 Å². The SMILES string of the molecule is NCCc1cnc(N2CCN(c3ccccc3)CC2)nc1. The summed E-state index contributed by atoms with van der Waals surface area (Å²) < 4.78 is 0. The summed E-state index contributed by atoms with van der Waals surface area (Å²) in [4.78, 5) is 13.6. The summed E-state index contributed by atoms with van der Waals surface area (Å²) in [5.74, 6) is 0.823. The first-order chi connectivity index (χ1) is 10.4. The van der Waals surface area contributed by atoms with Gasteiger partial charge in [-0.25, -0.2) is 9.97 Å². The molecule has 3 rings (SSSR count). The number of hydrogen-bond acceptors (Lipinski definition) is 5. The summed E-state index contributed by atoms with van der Waals surface area (Å²) in [5, 5.41) is 0. The van der Waals surface area contributed by atoms with Crippen molar-refractivity contribution in [3.05, 3.63) is 48.3 Å². The zero-order chi connectivity index (χ0) is 14.5. The van der Waals surface area contributed by atoms with Crippen LogP contribution in [0.5, 0.6) is 0 Å². The first-order valence-corrected chi connectivity index (χ1v) is 7.43. The van der Waals surface area contributed by atoms with Crippen molar-refractivity contribution in [2.45, 2.75) is 6.42 Å². The molecule has 0 bridgehead atoms. The Hall–Kier alpha value is -2.14. The van der Waals surface area contributed by atoms with Crippen LogP contribution in [0.4, 0.5) is 11.6 Å². The second kappa shape index (κ2) is 6.54. The van der Waals surface area contributed by atoms with E-state index in [2.05, 4.69) is 50.1 Å². The van der Waals surface area contributed by atoms with E-state index in [-0.39, 0.29) is 0 Å². The maximum Gasteiger partial charge on any atom is 0.225 e. The number of piperazine rings is 1. The summed E-state index contributed by atoms with van der Waals surface area (Å²) in [5.41, 5.74) is 7.93. The Balaban J connectivity index is 1.60. The van der Waals surface area contributed by atoms with Gasteiger partial charge in [-0.2, -0.15) is 0 Å².